The zero-order chi connectivity index (χ0) is 24.6. The van der Waals surface area contributed by atoms with E-state index < -0.39 is 17.7 Å². The number of hydrogen-bond donors (Lipinski definition) is 0. The molecule has 4 aromatic carbocycles. The third-order valence-corrected chi connectivity index (χ3v) is 5.50. The number of rotatable bonds is 7. The van der Waals surface area contributed by atoms with E-state index in [4.69, 9.17) is 9.47 Å². The molecular formula is C30H22FNO3. The summed E-state index contributed by atoms with van der Waals surface area (Å²) in [5.74, 6) is -0.986. The number of allylic oxidation sites excluding steroid dienone is 1. The first-order valence-corrected chi connectivity index (χ1v) is 11.0. The molecule has 0 amide bonds. The van der Waals surface area contributed by atoms with Crippen LogP contribution in [0.15, 0.2) is 103 Å². The minimum atomic E-state index is -0.618. The van der Waals surface area contributed by atoms with Crippen LogP contribution in [0.3, 0.4) is 0 Å². The zero-order valence-electron chi connectivity index (χ0n) is 19.0. The summed E-state index contributed by atoms with van der Waals surface area (Å²) >= 11 is 0. The van der Waals surface area contributed by atoms with Crippen molar-refractivity contribution < 1.29 is 18.7 Å². The van der Waals surface area contributed by atoms with Crippen LogP contribution in [-0.2, 0) is 4.79 Å². The van der Waals surface area contributed by atoms with Crippen LogP contribution in [0.4, 0.5) is 4.39 Å². The molecule has 4 rings (SSSR count). The summed E-state index contributed by atoms with van der Waals surface area (Å²) in [6.07, 6.45) is 1.56. The van der Waals surface area contributed by atoms with E-state index in [1.165, 1.54) is 13.2 Å². The first kappa shape index (κ1) is 23.5. The van der Waals surface area contributed by atoms with E-state index in [0.717, 1.165) is 11.1 Å². The van der Waals surface area contributed by atoms with Gasteiger partial charge in [-0.15, -0.1) is 0 Å². The molecular weight excluding hydrogens is 441 g/mol. The van der Waals surface area contributed by atoms with Gasteiger partial charge in [0.05, 0.1) is 18.8 Å². The van der Waals surface area contributed by atoms with Crippen molar-refractivity contribution in [3.8, 4) is 17.6 Å². The highest BCUT2D eigenvalue weighted by atomic mass is 19.1. The van der Waals surface area contributed by atoms with Gasteiger partial charge in [-0.05, 0) is 41.0 Å². The quantitative estimate of drug-likeness (QED) is 0.133. The number of carbonyl (C=O) groups excluding carboxylic acids is 1. The lowest BCUT2D eigenvalue weighted by Gasteiger charge is -2.18. The van der Waals surface area contributed by atoms with Gasteiger partial charge in [0, 0.05) is 5.56 Å². The van der Waals surface area contributed by atoms with Crippen LogP contribution in [0.25, 0.3) is 11.6 Å². The van der Waals surface area contributed by atoms with Gasteiger partial charge in [-0.25, -0.2) is 4.39 Å². The van der Waals surface area contributed by atoms with Gasteiger partial charge in [0.25, 0.3) is 0 Å². The van der Waals surface area contributed by atoms with Crippen molar-refractivity contribution >= 4 is 17.6 Å². The molecule has 0 aromatic heterocycles. The highest BCUT2D eigenvalue weighted by molar-refractivity contribution is 5.90. The summed E-state index contributed by atoms with van der Waals surface area (Å²) in [6.45, 7) is 0. The third-order valence-electron chi connectivity index (χ3n) is 5.50. The fourth-order valence-corrected chi connectivity index (χ4v) is 3.80. The number of halogens is 1. The summed E-state index contributed by atoms with van der Waals surface area (Å²) in [6, 6.07) is 31.9. The van der Waals surface area contributed by atoms with Gasteiger partial charge < -0.3 is 9.47 Å². The lowest BCUT2D eigenvalue weighted by Crippen LogP contribution is -2.20. The summed E-state index contributed by atoms with van der Waals surface area (Å²) in [5.41, 5.74) is 2.60. The minimum Gasteiger partial charge on any atom is -0.493 e. The van der Waals surface area contributed by atoms with Crippen LogP contribution in [-0.4, -0.2) is 13.1 Å². The molecule has 0 atom stereocenters. The Bertz CT molecular complexity index is 1350. The molecule has 0 saturated heterocycles. The van der Waals surface area contributed by atoms with Crippen molar-refractivity contribution in [2.75, 3.05) is 7.11 Å². The fraction of sp³-hybridized carbons (Fsp3) is 0.0667. The van der Waals surface area contributed by atoms with E-state index in [0.29, 0.717) is 11.3 Å². The molecule has 0 spiro atoms. The van der Waals surface area contributed by atoms with Gasteiger partial charge in [0.2, 0.25) is 0 Å². The molecule has 0 N–H and O–H groups in total. The fourth-order valence-electron chi connectivity index (χ4n) is 3.80. The standard InChI is InChI=1S/C30H22FNO3/c1-34-28-19-21(18-24(20-32)25-14-8-9-15-26(25)31)16-17-27(28)35-30(33)29(22-10-4-2-5-11-22)23-12-6-3-7-13-23/h2-19,29H,1H3/b24-18-. The molecule has 4 aromatic rings. The third kappa shape index (κ3) is 5.45. The molecule has 0 bridgehead atoms. The zero-order valence-corrected chi connectivity index (χ0v) is 19.0. The Labute approximate surface area is 203 Å². The van der Waals surface area contributed by atoms with Gasteiger partial charge >= 0.3 is 5.97 Å². The van der Waals surface area contributed by atoms with E-state index in [2.05, 4.69) is 0 Å². The Balaban J connectivity index is 1.65. The molecule has 172 valence electrons. The predicted octanol–water partition coefficient (Wildman–Crippen LogP) is 6.64. The van der Waals surface area contributed by atoms with Crippen molar-refractivity contribution in [2.24, 2.45) is 0 Å². The van der Waals surface area contributed by atoms with E-state index in [-0.39, 0.29) is 16.9 Å². The lowest BCUT2D eigenvalue weighted by molar-refractivity contribution is -0.135. The number of carbonyl (C=O) groups is 1. The van der Waals surface area contributed by atoms with Gasteiger partial charge in [-0.2, -0.15) is 5.26 Å². The van der Waals surface area contributed by atoms with Gasteiger partial charge in [-0.1, -0.05) is 84.9 Å². The Morgan fingerprint density at radius 1 is 0.857 bits per heavy atom. The van der Waals surface area contributed by atoms with Crippen LogP contribution >= 0.6 is 0 Å². The molecule has 0 radical (unpaired) electrons. The van der Waals surface area contributed by atoms with Crippen molar-refractivity contribution in [1.29, 1.82) is 5.26 Å². The van der Waals surface area contributed by atoms with E-state index in [9.17, 15) is 14.4 Å². The Kier molecular flexibility index (Phi) is 7.34. The molecule has 0 aliphatic carbocycles. The largest absolute Gasteiger partial charge is 0.493 e. The predicted molar refractivity (Wildman–Crippen MR) is 133 cm³/mol. The topological polar surface area (TPSA) is 59.3 Å². The number of esters is 1. The second-order valence-corrected chi connectivity index (χ2v) is 7.74. The van der Waals surface area contributed by atoms with Crippen LogP contribution in [0, 0.1) is 17.1 Å². The smallest absolute Gasteiger partial charge is 0.323 e. The van der Waals surface area contributed by atoms with Crippen molar-refractivity contribution in [3.63, 3.8) is 0 Å². The molecule has 0 fully saturated rings. The van der Waals surface area contributed by atoms with Gasteiger partial charge in [-0.3, -0.25) is 4.79 Å². The average Bonchev–Trinajstić information content (AvgIpc) is 2.90. The van der Waals surface area contributed by atoms with Crippen LogP contribution in [0.1, 0.15) is 28.2 Å². The van der Waals surface area contributed by atoms with Gasteiger partial charge in [0.15, 0.2) is 11.5 Å². The maximum Gasteiger partial charge on any atom is 0.323 e. The summed E-state index contributed by atoms with van der Waals surface area (Å²) in [7, 11) is 1.47. The van der Waals surface area contributed by atoms with E-state index in [1.807, 2.05) is 66.7 Å². The maximum absolute atomic E-state index is 14.2. The molecule has 0 saturated carbocycles. The number of methoxy groups -OCH3 is 1. The highest BCUT2D eigenvalue weighted by Gasteiger charge is 2.25. The number of benzene rings is 4. The van der Waals surface area contributed by atoms with E-state index in [1.54, 1.807) is 42.5 Å². The number of nitriles is 1. The normalized spacial score (nSPS) is 11.1. The number of nitrogens with zero attached hydrogens (tertiary/aromatic N) is 1. The molecule has 0 heterocycles. The Hall–Kier alpha value is -4.69. The monoisotopic (exact) mass is 463 g/mol. The van der Waals surface area contributed by atoms with Crippen molar-refractivity contribution in [1.82, 2.24) is 0 Å². The Morgan fingerprint density at radius 3 is 2.03 bits per heavy atom. The first-order chi connectivity index (χ1) is 17.1. The molecule has 5 heteroatoms. The minimum absolute atomic E-state index is 0.170. The first-order valence-electron chi connectivity index (χ1n) is 11.0. The van der Waals surface area contributed by atoms with E-state index >= 15 is 0 Å². The molecule has 0 unspecified atom stereocenters. The molecule has 0 aliphatic rings. The van der Waals surface area contributed by atoms with Crippen LogP contribution in [0.5, 0.6) is 11.5 Å². The maximum atomic E-state index is 14.2. The lowest BCUT2D eigenvalue weighted by atomic mass is 9.91. The highest BCUT2D eigenvalue weighted by Crippen LogP contribution is 2.33. The molecule has 35 heavy (non-hydrogen) atoms. The molecule has 4 nitrogen and oxygen atoms in total. The SMILES string of the molecule is COc1cc(/C=C(/C#N)c2ccccc2F)ccc1OC(=O)C(c1ccccc1)c1ccccc1. The molecule has 0 aliphatic heterocycles. The average molecular weight is 464 g/mol. The number of ether oxygens (including phenoxy) is 2. The number of hydrogen-bond acceptors (Lipinski definition) is 4. The summed E-state index contributed by atoms with van der Waals surface area (Å²) in [4.78, 5) is 13.3. The Morgan fingerprint density at radius 2 is 1.46 bits per heavy atom. The summed E-state index contributed by atoms with van der Waals surface area (Å²) < 4.78 is 25.4. The van der Waals surface area contributed by atoms with Crippen LogP contribution in [0.2, 0.25) is 0 Å². The second kappa shape index (κ2) is 11.0. The van der Waals surface area contributed by atoms with Crippen molar-refractivity contribution in [3.05, 3.63) is 131 Å². The van der Waals surface area contributed by atoms with Crippen LogP contribution < -0.4 is 9.47 Å². The summed E-state index contributed by atoms with van der Waals surface area (Å²) in [5, 5.41) is 9.56. The van der Waals surface area contributed by atoms with Gasteiger partial charge in [0.1, 0.15) is 11.7 Å². The second-order valence-electron chi connectivity index (χ2n) is 7.74. The van der Waals surface area contributed by atoms with Crippen molar-refractivity contribution in [2.45, 2.75) is 5.92 Å².